The molecule has 1 aromatic carbocycles. The summed E-state index contributed by atoms with van der Waals surface area (Å²) in [6.07, 6.45) is 1.81. The summed E-state index contributed by atoms with van der Waals surface area (Å²) in [7, 11) is 0. The zero-order valence-electron chi connectivity index (χ0n) is 11.3. The minimum Gasteiger partial charge on any atom is -0.494 e. The molecule has 0 saturated heterocycles. The molecule has 0 fully saturated rings. The summed E-state index contributed by atoms with van der Waals surface area (Å²) in [5.74, 6) is 0.699. The molecular weight excluding hydrogens is 242 g/mol. The number of para-hydroxylation sites is 1. The van der Waals surface area contributed by atoms with E-state index < -0.39 is 0 Å². The molecule has 0 aliphatic rings. The molecule has 1 rings (SSSR count). The number of hydrogen-bond donors (Lipinski definition) is 1. The number of rotatable bonds is 8. The van der Waals surface area contributed by atoms with Crippen molar-refractivity contribution in [2.24, 2.45) is 0 Å². The van der Waals surface area contributed by atoms with Crippen LogP contribution >= 0.6 is 0 Å². The lowest BCUT2D eigenvalue weighted by Crippen LogP contribution is -2.31. The van der Waals surface area contributed by atoms with E-state index in [0.717, 1.165) is 11.3 Å². The first-order valence-corrected chi connectivity index (χ1v) is 6.43. The molecule has 0 heterocycles. The van der Waals surface area contributed by atoms with Crippen molar-refractivity contribution in [3.8, 4) is 5.75 Å². The standard InChI is InChI=1S/C15H21NO3/c1-3-10-16(15(18)9-11-17)12-13-7-5-6-8-14(13)19-4-2/h3,5-8,17H,1,4,9-12H2,2H3. The third-order valence-corrected chi connectivity index (χ3v) is 2.66. The van der Waals surface area contributed by atoms with Gasteiger partial charge in [0, 0.05) is 25.1 Å². The van der Waals surface area contributed by atoms with Gasteiger partial charge in [-0.2, -0.15) is 0 Å². The Bertz CT molecular complexity index is 418. The van der Waals surface area contributed by atoms with E-state index in [-0.39, 0.29) is 18.9 Å². The lowest BCUT2D eigenvalue weighted by Gasteiger charge is -2.22. The molecule has 0 atom stereocenters. The number of aliphatic hydroxyl groups is 1. The second-order valence-electron chi connectivity index (χ2n) is 4.08. The average molecular weight is 263 g/mol. The summed E-state index contributed by atoms with van der Waals surface area (Å²) in [6.45, 7) is 6.95. The zero-order valence-corrected chi connectivity index (χ0v) is 11.3. The monoisotopic (exact) mass is 263 g/mol. The van der Waals surface area contributed by atoms with Gasteiger partial charge in [0.1, 0.15) is 5.75 Å². The van der Waals surface area contributed by atoms with Crippen LogP contribution in [-0.2, 0) is 11.3 Å². The minimum atomic E-state index is -0.139. The molecule has 19 heavy (non-hydrogen) atoms. The third kappa shape index (κ3) is 4.75. The molecule has 0 aliphatic heterocycles. The van der Waals surface area contributed by atoms with Crippen LogP contribution in [0.3, 0.4) is 0 Å². The second-order valence-corrected chi connectivity index (χ2v) is 4.08. The fraction of sp³-hybridized carbons (Fsp3) is 0.400. The van der Waals surface area contributed by atoms with Crippen molar-refractivity contribution in [2.75, 3.05) is 19.8 Å². The van der Waals surface area contributed by atoms with Crippen molar-refractivity contribution in [3.05, 3.63) is 42.5 Å². The van der Waals surface area contributed by atoms with E-state index in [2.05, 4.69) is 6.58 Å². The van der Waals surface area contributed by atoms with Crippen molar-refractivity contribution in [2.45, 2.75) is 19.9 Å². The van der Waals surface area contributed by atoms with Gasteiger partial charge in [-0.05, 0) is 13.0 Å². The molecular formula is C15H21NO3. The van der Waals surface area contributed by atoms with E-state index in [4.69, 9.17) is 9.84 Å². The third-order valence-electron chi connectivity index (χ3n) is 2.66. The fourth-order valence-electron chi connectivity index (χ4n) is 1.80. The highest BCUT2D eigenvalue weighted by Gasteiger charge is 2.14. The van der Waals surface area contributed by atoms with Gasteiger partial charge in [0.15, 0.2) is 0 Å². The van der Waals surface area contributed by atoms with E-state index in [1.54, 1.807) is 11.0 Å². The van der Waals surface area contributed by atoms with E-state index in [9.17, 15) is 4.79 Å². The van der Waals surface area contributed by atoms with E-state index in [1.807, 2.05) is 31.2 Å². The SMILES string of the molecule is C=CCN(Cc1ccccc1OCC)C(=O)CCO. The van der Waals surface area contributed by atoms with Gasteiger partial charge in [-0.25, -0.2) is 0 Å². The van der Waals surface area contributed by atoms with Crippen LogP contribution in [0.15, 0.2) is 36.9 Å². The van der Waals surface area contributed by atoms with Crippen LogP contribution in [0.25, 0.3) is 0 Å². The number of carbonyl (C=O) groups excluding carboxylic acids is 1. The molecule has 1 N–H and O–H groups in total. The van der Waals surface area contributed by atoms with Crippen LogP contribution in [0.4, 0.5) is 0 Å². The molecule has 4 nitrogen and oxygen atoms in total. The molecule has 1 amide bonds. The normalized spacial score (nSPS) is 10.0. The van der Waals surface area contributed by atoms with E-state index in [0.29, 0.717) is 19.7 Å². The Morgan fingerprint density at radius 2 is 2.21 bits per heavy atom. The molecule has 4 heteroatoms. The van der Waals surface area contributed by atoms with Crippen LogP contribution in [0, 0.1) is 0 Å². The molecule has 0 unspecified atom stereocenters. The number of nitrogens with zero attached hydrogens (tertiary/aromatic N) is 1. The van der Waals surface area contributed by atoms with Crippen LogP contribution in [0.1, 0.15) is 18.9 Å². The number of aliphatic hydroxyl groups excluding tert-OH is 1. The number of carbonyl (C=O) groups is 1. The first-order chi connectivity index (χ1) is 9.22. The van der Waals surface area contributed by atoms with E-state index in [1.165, 1.54) is 0 Å². The lowest BCUT2D eigenvalue weighted by molar-refractivity contribution is -0.131. The Labute approximate surface area is 114 Å². The number of amides is 1. The predicted octanol–water partition coefficient (Wildman–Crippen LogP) is 1.98. The van der Waals surface area contributed by atoms with Gasteiger partial charge in [0.05, 0.1) is 13.2 Å². The molecule has 0 bridgehead atoms. The topological polar surface area (TPSA) is 49.8 Å². The number of hydrogen-bond acceptors (Lipinski definition) is 3. The Morgan fingerprint density at radius 3 is 2.84 bits per heavy atom. The Kier molecular flexibility index (Phi) is 6.68. The maximum Gasteiger partial charge on any atom is 0.225 e. The van der Waals surface area contributed by atoms with Crippen molar-refractivity contribution < 1.29 is 14.6 Å². The maximum absolute atomic E-state index is 11.9. The summed E-state index contributed by atoms with van der Waals surface area (Å²) in [4.78, 5) is 13.5. The Morgan fingerprint density at radius 1 is 1.47 bits per heavy atom. The second kappa shape index (κ2) is 8.32. The highest BCUT2D eigenvalue weighted by molar-refractivity contribution is 5.76. The average Bonchev–Trinajstić information content (AvgIpc) is 2.41. The summed E-state index contributed by atoms with van der Waals surface area (Å²) < 4.78 is 5.54. The largest absolute Gasteiger partial charge is 0.494 e. The summed E-state index contributed by atoms with van der Waals surface area (Å²) in [6, 6.07) is 7.65. The highest BCUT2D eigenvalue weighted by Crippen LogP contribution is 2.20. The van der Waals surface area contributed by atoms with Gasteiger partial charge < -0.3 is 14.7 Å². The van der Waals surface area contributed by atoms with Crippen LogP contribution < -0.4 is 4.74 Å². The quantitative estimate of drug-likeness (QED) is 0.730. The van der Waals surface area contributed by atoms with Crippen molar-refractivity contribution in [1.29, 1.82) is 0 Å². The van der Waals surface area contributed by atoms with Gasteiger partial charge in [-0.15, -0.1) is 6.58 Å². The van der Waals surface area contributed by atoms with Gasteiger partial charge >= 0.3 is 0 Å². The molecule has 0 aliphatic carbocycles. The minimum absolute atomic E-state index is 0.0892. The van der Waals surface area contributed by atoms with Gasteiger partial charge in [-0.1, -0.05) is 24.3 Å². The smallest absolute Gasteiger partial charge is 0.225 e. The molecule has 0 saturated carbocycles. The Hall–Kier alpha value is -1.81. The summed E-state index contributed by atoms with van der Waals surface area (Å²) in [5.41, 5.74) is 0.956. The van der Waals surface area contributed by atoms with E-state index >= 15 is 0 Å². The predicted molar refractivity (Wildman–Crippen MR) is 74.9 cm³/mol. The van der Waals surface area contributed by atoms with Gasteiger partial charge in [0.2, 0.25) is 5.91 Å². The van der Waals surface area contributed by atoms with Crippen LogP contribution in [-0.4, -0.2) is 35.7 Å². The molecule has 0 spiro atoms. The number of ether oxygens (including phenoxy) is 1. The van der Waals surface area contributed by atoms with Crippen LogP contribution in [0.5, 0.6) is 5.75 Å². The Balaban J connectivity index is 2.83. The highest BCUT2D eigenvalue weighted by atomic mass is 16.5. The van der Waals surface area contributed by atoms with Gasteiger partial charge in [0.25, 0.3) is 0 Å². The molecule has 104 valence electrons. The molecule has 0 radical (unpaired) electrons. The lowest BCUT2D eigenvalue weighted by atomic mass is 10.1. The zero-order chi connectivity index (χ0) is 14.1. The van der Waals surface area contributed by atoms with Crippen LogP contribution in [0.2, 0.25) is 0 Å². The molecule has 0 aromatic heterocycles. The van der Waals surface area contributed by atoms with Crippen molar-refractivity contribution in [1.82, 2.24) is 4.90 Å². The summed E-state index contributed by atoms with van der Waals surface area (Å²) in [5, 5.41) is 8.86. The van der Waals surface area contributed by atoms with Crippen molar-refractivity contribution >= 4 is 5.91 Å². The number of benzene rings is 1. The maximum atomic E-state index is 11.9. The van der Waals surface area contributed by atoms with Crippen molar-refractivity contribution in [3.63, 3.8) is 0 Å². The fourth-order valence-corrected chi connectivity index (χ4v) is 1.80. The first-order valence-electron chi connectivity index (χ1n) is 6.43. The van der Waals surface area contributed by atoms with Gasteiger partial charge in [-0.3, -0.25) is 4.79 Å². The first kappa shape index (κ1) is 15.2. The summed E-state index contributed by atoms with van der Waals surface area (Å²) >= 11 is 0. The molecule has 1 aromatic rings.